The molecule has 3 atom stereocenters. The van der Waals surface area contributed by atoms with Crippen LogP contribution in [0, 0.1) is 11.8 Å². The number of pyridine rings is 1. The van der Waals surface area contributed by atoms with Crippen molar-refractivity contribution in [3.05, 3.63) is 65.3 Å². The van der Waals surface area contributed by atoms with Gasteiger partial charge in [-0.05, 0) is 29.9 Å². The third-order valence-electron chi connectivity index (χ3n) is 6.53. The Hall–Kier alpha value is -2.95. The van der Waals surface area contributed by atoms with Crippen molar-refractivity contribution in [2.45, 2.75) is 39.2 Å². The quantitative estimate of drug-likeness (QED) is 0.512. The van der Waals surface area contributed by atoms with Crippen molar-refractivity contribution < 1.29 is 0 Å². The van der Waals surface area contributed by atoms with Gasteiger partial charge in [0.05, 0.1) is 17.1 Å². The third-order valence-corrected chi connectivity index (χ3v) is 6.53. The first kappa shape index (κ1) is 17.2. The van der Waals surface area contributed by atoms with Gasteiger partial charge in [0, 0.05) is 24.0 Å². The van der Waals surface area contributed by atoms with E-state index in [1.165, 1.54) is 12.8 Å². The monoisotopic (exact) mass is 372 g/mol. The van der Waals surface area contributed by atoms with E-state index in [1.54, 1.807) is 10.7 Å². The maximum atomic E-state index is 13.3. The topological polar surface area (TPSA) is 52.2 Å². The molecule has 28 heavy (non-hydrogen) atoms. The lowest BCUT2D eigenvalue weighted by molar-refractivity contribution is 0.183. The Balaban J connectivity index is 1.67. The highest BCUT2D eigenvalue weighted by molar-refractivity contribution is 5.84. The van der Waals surface area contributed by atoms with E-state index in [2.05, 4.69) is 23.9 Å². The van der Waals surface area contributed by atoms with Crippen LogP contribution in [0.1, 0.15) is 39.2 Å². The minimum atomic E-state index is 0.0367. The van der Waals surface area contributed by atoms with Crippen LogP contribution in [0.2, 0.25) is 0 Å². The molecule has 1 aliphatic rings. The van der Waals surface area contributed by atoms with Gasteiger partial charge in [-0.15, -0.1) is 0 Å². The number of benzene rings is 1. The van der Waals surface area contributed by atoms with E-state index < -0.39 is 0 Å². The number of fused-ring (bicyclic) bond motifs is 3. The van der Waals surface area contributed by atoms with Gasteiger partial charge >= 0.3 is 0 Å². The van der Waals surface area contributed by atoms with Crippen LogP contribution in [0.5, 0.6) is 0 Å². The first-order valence-electron chi connectivity index (χ1n) is 10.1. The molecule has 0 amide bonds. The summed E-state index contributed by atoms with van der Waals surface area (Å²) >= 11 is 0. The second-order valence-electron chi connectivity index (χ2n) is 8.08. The van der Waals surface area contributed by atoms with Crippen molar-refractivity contribution in [1.29, 1.82) is 0 Å². The highest BCUT2D eigenvalue weighted by Crippen LogP contribution is 2.37. The largest absolute Gasteiger partial charge is 0.311 e. The van der Waals surface area contributed by atoms with Crippen LogP contribution in [0.15, 0.2) is 59.8 Å². The number of hydrogen-bond donors (Lipinski definition) is 0. The smallest absolute Gasteiger partial charge is 0.261 e. The summed E-state index contributed by atoms with van der Waals surface area (Å²) in [6.07, 6.45) is 8.98. The Bertz CT molecular complexity index is 1210. The number of hydrogen-bond acceptors (Lipinski definition) is 3. The summed E-state index contributed by atoms with van der Waals surface area (Å²) in [4.78, 5) is 17.9. The molecular formula is C23H24N4O. The molecule has 1 fully saturated rings. The minimum Gasteiger partial charge on any atom is -0.311 e. The molecule has 0 saturated heterocycles. The van der Waals surface area contributed by atoms with Crippen LogP contribution in [-0.2, 0) is 0 Å². The van der Waals surface area contributed by atoms with Gasteiger partial charge in [-0.25, -0.2) is 9.50 Å². The lowest BCUT2D eigenvalue weighted by atomic mass is 9.78. The molecule has 1 saturated carbocycles. The molecule has 3 aromatic heterocycles. The van der Waals surface area contributed by atoms with Gasteiger partial charge in [0.15, 0.2) is 5.65 Å². The molecule has 142 valence electrons. The van der Waals surface area contributed by atoms with Gasteiger partial charge in [0.1, 0.15) is 0 Å². The summed E-state index contributed by atoms with van der Waals surface area (Å²) in [5, 5.41) is 5.17. The van der Waals surface area contributed by atoms with Crippen molar-refractivity contribution in [3.8, 4) is 11.1 Å². The molecule has 0 bridgehead atoms. The van der Waals surface area contributed by atoms with Crippen molar-refractivity contribution in [2.24, 2.45) is 11.8 Å². The fourth-order valence-electron chi connectivity index (χ4n) is 4.66. The van der Waals surface area contributed by atoms with E-state index in [1.807, 2.05) is 53.4 Å². The lowest BCUT2D eigenvalue weighted by Crippen LogP contribution is -2.33. The molecule has 0 spiro atoms. The van der Waals surface area contributed by atoms with E-state index >= 15 is 0 Å². The van der Waals surface area contributed by atoms with Gasteiger partial charge in [-0.2, -0.15) is 5.10 Å². The molecule has 5 rings (SSSR count). The summed E-state index contributed by atoms with van der Waals surface area (Å²) in [7, 11) is 0. The van der Waals surface area contributed by atoms with Crippen LogP contribution < -0.4 is 5.56 Å². The summed E-state index contributed by atoms with van der Waals surface area (Å²) in [6.45, 7) is 4.56. The molecule has 0 radical (unpaired) electrons. The van der Waals surface area contributed by atoms with E-state index in [0.717, 1.165) is 28.7 Å². The Morgan fingerprint density at radius 3 is 2.68 bits per heavy atom. The van der Waals surface area contributed by atoms with E-state index in [4.69, 9.17) is 0 Å². The Kier molecular flexibility index (Phi) is 4.04. The van der Waals surface area contributed by atoms with Crippen LogP contribution in [0.25, 0.3) is 27.7 Å². The maximum Gasteiger partial charge on any atom is 0.261 e. The summed E-state index contributed by atoms with van der Waals surface area (Å²) < 4.78 is 3.72. The van der Waals surface area contributed by atoms with Gasteiger partial charge in [0.2, 0.25) is 0 Å². The zero-order chi connectivity index (χ0) is 19.3. The van der Waals surface area contributed by atoms with Crippen molar-refractivity contribution in [2.75, 3.05) is 0 Å². The van der Waals surface area contributed by atoms with Gasteiger partial charge in [0.25, 0.3) is 5.56 Å². The van der Waals surface area contributed by atoms with Crippen molar-refractivity contribution in [1.82, 2.24) is 19.2 Å². The van der Waals surface area contributed by atoms with Crippen LogP contribution in [-0.4, -0.2) is 19.2 Å². The van der Waals surface area contributed by atoms with E-state index in [0.29, 0.717) is 17.2 Å². The Morgan fingerprint density at radius 2 is 1.86 bits per heavy atom. The maximum absolute atomic E-state index is 13.3. The normalized spacial score (nSPS) is 22.7. The average molecular weight is 372 g/mol. The second kappa shape index (κ2) is 6.59. The molecule has 4 aromatic rings. The molecule has 5 heteroatoms. The fourth-order valence-corrected chi connectivity index (χ4v) is 4.66. The summed E-state index contributed by atoms with van der Waals surface area (Å²) in [6, 6.07) is 12.4. The number of aromatic nitrogens is 4. The van der Waals surface area contributed by atoms with Gasteiger partial charge in [-0.1, -0.05) is 57.0 Å². The molecule has 0 N–H and O–H groups in total. The lowest BCUT2D eigenvalue weighted by Gasteiger charge is -2.35. The molecule has 0 unspecified atom stereocenters. The predicted molar refractivity (Wildman–Crippen MR) is 111 cm³/mol. The van der Waals surface area contributed by atoms with Gasteiger partial charge < -0.3 is 4.57 Å². The molecule has 5 nitrogen and oxygen atoms in total. The zero-order valence-corrected chi connectivity index (χ0v) is 16.2. The predicted octanol–water partition coefficient (Wildman–Crippen LogP) is 4.71. The average Bonchev–Trinajstić information content (AvgIpc) is 3.16. The van der Waals surface area contributed by atoms with Gasteiger partial charge in [-0.3, -0.25) is 4.79 Å². The molecule has 1 aromatic carbocycles. The van der Waals surface area contributed by atoms with Crippen molar-refractivity contribution >= 4 is 16.6 Å². The fraction of sp³-hybridized carbons (Fsp3) is 0.348. The Labute approximate surface area is 163 Å². The second-order valence-corrected chi connectivity index (χ2v) is 8.08. The SMILES string of the molecule is C[C@@H]1[C@@H](C)CCC[C@@H]1n1ccc2c(cnc3c(-c4ccccc4)cnn32)c1=O. The standard InChI is InChI=1S/C23H24N4O/c1-15-7-6-10-20(16(15)2)26-12-11-21-19(23(26)28)13-24-22-18(14-25-27(21)22)17-8-4-3-5-9-17/h3-5,8-9,11-16,20H,6-7,10H2,1-2H3/t15-,16+,20-/m0/s1. The summed E-state index contributed by atoms with van der Waals surface area (Å²) in [5.41, 5.74) is 3.67. The van der Waals surface area contributed by atoms with Crippen LogP contribution >= 0.6 is 0 Å². The van der Waals surface area contributed by atoms with Crippen LogP contribution in [0.3, 0.4) is 0 Å². The Morgan fingerprint density at radius 1 is 1.04 bits per heavy atom. The van der Waals surface area contributed by atoms with E-state index in [9.17, 15) is 4.79 Å². The minimum absolute atomic E-state index is 0.0367. The molecule has 1 aliphatic carbocycles. The highest BCUT2D eigenvalue weighted by atomic mass is 16.1. The molecule has 0 aliphatic heterocycles. The van der Waals surface area contributed by atoms with Crippen molar-refractivity contribution in [3.63, 3.8) is 0 Å². The molecular weight excluding hydrogens is 348 g/mol. The number of rotatable bonds is 2. The number of nitrogens with zero attached hydrogens (tertiary/aromatic N) is 4. The highest BCUT2D eigenvalue weighted by Gasteiger charge is 2.29. The summed E-state index contributed by atoms with van der Waals surface area (Å²) in [5.74, 6) is 1.14. The molecule has 3 heterocycles. The third kappa shape index (κ3) is 2.57. The zero-order valence-electron chi connectivity index (χ0n) is 16.2. The van der Waals surface area contributed by atoms with Crippen LogP contribution in [0.4, 0.5) is 0 Å². The van der Waals surface area contributed by atoms with E-state index in [-0.39, 0.29) is 11.6 Å². The first-order valence-corrected chi connectivity index (χ1v) is 10.1. The first-order chi connectivity index (χ1) is 13.6.